The lowest BCUT2D eigenvalue weighted by atomic mass is 10.1. The van der Waals surface area contributed by atoms with E-state index >= 15 is 0 Å². The molecule has 0 aliphatic heterocycles. The maximum absolute atomic E-state index is 13.1. The number of amides is 2. The molecule has 2 unspecified atom stereocenters. The van der Waals surface area contributed by atoms with E-state index in [1.54, 1.807) is 21.0 Å². The zero-order valence-electron chi connectivity index (χ0n) is 21.5. The molecule has 3 aromatic rings. The van der Waals surface area contributed by atoms with Crippen molar-refractivity contribution in [2.24, 2.45) is 7.05 Å². The van der Waals surface area contributed by atoms with E-state index in [1.807, 2.05) is 37.3 Å². The Balaban J connectivity index is 1.95. The minimum atomic E-state index is -0.837. The fourth-order valence-electron chi connectivity index (χ4n) is 3.76. The van der Waals surface area contributed by atoms with Gasteiger partial charge in [0.05, 0.1) is 17.3 Å². The lowest BCUT2D eigenvalue weighted by Crippen LogP contribution is -2.43. The molecule has 0 aliphatic rings. The van der Waals surface area contributed by atoms with Gasteiger partial charge in [0.1, 0.15) is 17.4 Å². The maximum atomic E-state index is 13.1. The molecular weight excluding hydrogens is 476 g/mol. The highest BCUT2D eigenvalue weighted by atomic mass is 16.3. The Labute approximate surface area is 214 Å². The van der Waals surface area contributed by atoms with Gasteiger partial charge in [-0.15, -0.1) is 0 Å². The summed E-state index contributed by atoms with van der Waals surface area (Å²) in [6.07, 6.45) is 0.320. The maximum Gasteiger partial charge on any atom is 0.290 e. The van der Waals surface area contributed by atoms with Gasteiger partial charge in [0.2, 0.25) is 5.91 Å². The van der Waals surface area contributed by atoms with Crippen LogP contribution in [0.1, 0.15) is 42.2 Å². The average molecular weight is 509 g/mol. The van der Waals surface area contributed by atoms with Crippen molar-refractivity contribution < 1.29 is 14.7 Å². The number of benzene rings is 2. The highest BCUT2D eigenvalue weighted by Crippen LogP contribution is 2.31. The Hall–Kier alpha value is -4.54. The van der Waals surface area contributed by atoms with E-state index in [-0.39, 0.29) is 40.3 Å². The molecule has 37 heavy (non-hydrogen) atoms. The molecule has 11 heteroatoms. The number of rotatable bonds is 9. The number of aryl methyl sites for hydroxylation is 1. The SMILES string of the molecule is CCC(Nc1c(Nc2cccc(C(=O)N(C)C)c2O)c(=O)[nH]n(C)c1=O)C(=O)NC(C)c1ccccc1. The molecule has 0 aliphatic carbocycles. The summed E-state index contributed by atoms with van der Waals surface area (Å²) in [6.45, 7) is 3.63. The number of hydrogen-bond acceptors (Lipinski definition) is 7. The predicted octanol–water partition coefficient (Wildman–Crippen LogP) is 2.29. The first-order valence-electron chi connectivity index (χ1n) is 11.8. The topological polar surface area (TPSA) is 149 Å². The first-order valence-corrected chi connectivity index (χ1v) is 11.8. The highest BCUT2D eigenvalue weighted by Gasteiger charge is 2.24. The quantitative estimate of drug-likeness (QED) is 0.279. The van der Waals surface area contributed by atoms with Crippen molar-refractivity contribution in [2.45, 2.75) is 32.4 Å². The van der Waals surface area contributed by atoms with Crippen LogP contribution in [0.4, 0.5) is 17.1 Å². The van der Waals surface area contributed by atoms with Crippen molar-refractivity contribution in [1.82, 2.24) is 20.0 Å². The van der Waals surface area contributed by atoms with Crippen molar-refractivity contribution >= 4 is 28.9 Å². The molecule has 5 N–H and O–H groups in total. The molecule has 2 aromatic carbocycles. The van der Waals surface area contributed by atoms with E-state index in [2.05, 4.69) is 21.0 Å². The van der Waals surface area contributed by atoms with E-state index in [4.69, 9.17) is 0 Å². The van der Waals surface area contributed by atoms with Crippen LogP contribution in [0.5, 0.6) is 5.75 Å². The number of para-hydroxylation sites is 1. The summed E-state index contributed by atoms with van der Waals surface area (Å²) < 4.78 is 0.999. The van der Waals surface area contributed by atoms with Gasteiger partial charge in [-0.25, -0.2) is 0 Å². The summed E-state index contributed by atoms with van der Waals surface area (Å²) in [5, 5.41) is 21.7. The van der Waals surface area contributed by atoms with Crippen molar-refractivity contribution in [3.63, 3.8) is 0 Å². The third-order valence-electron chi connectivity index (χ3n) is 5.90. The summed E-state index contributed by atoms with van der Waals surface area (Å²) >= 11 is 0. The van der Waals surface area contributed by atoms with Crippen LogP contribution in [0.3, 0.4) is 0 Å². The third-order valence-corrected chi connectivity index (χ3v) is 5.90. The van der Waals surface area contributed by atoms with Gasteiger partial charge >= 0.3 is 0 Å². The molecule has 196 valence electrons. The van der Waals surface area contributed by atoms with Crippen LogP contribution in [0.2, 0.25) is 0 Å². The smallest absolute Gasteiger partial charge is 0.290 e. The largest absolute Gasteiger partial charge is 0.505 e. The number of carbonyl (C=O) groups is 2. The van der Waals surface area contributed by atoms with Crippen LogP contribution in [-0.4, -0.2) is 51.7 Å². The van der Waals surface area contributed by atoms with Gasteiger partial charge in [0, 0.05) is 21.1 Å². The van der Waals surface area contributed by atoms with Gasteiger partial charge in [-0.2, -0.15) is 0 Å². The number of nitrogens with zero attached hydrogens (tertiary/aromatic N) is 2. The fraction of sp³-hybridized carbons (Fsp3) is 0.308. The Morgan fingerprint density at radius 2 is 1.73 bits per heavy atom. The number of H-pyrrole nitrogens is 1. The standard InChI is InChI=1S/C26H32N6O5/c1-6-18(23(34)27-15(2)16-11-8-7-9-12-16)28-21-20(24(35)30-32(5)26(21)37)29-19-14-10-13-17(22(19)33)25(36)31(3)4/h7-15,18,28-29,33H,6H2,1-5H3,(H,27,34)(H,30,35). The molecule has 2 amide bonds. The van der Waals surface area contributed by atoms with E-state index in [0.717, 1.165) is 10.2 Å². The normalized spacial score (nSPS) is 12.4. The molecule has 1 aromatic heterocycles. The fourth-order valence-corrected chi connectivity index (χ4v) is 3.76. The molecule has 0 bridgehead atoms. The molecule has 0 saturated carbocycles. The highest BCUT2D eigenvalue weighted by molar-refractivity contribution is 5.99. The molecule has 1 heterocycles. The number of carbonyl (C=O) groups excluding carboxylic acids is 2. The van der Waals surface area contributed by atoms with E-state index in [9.17, 15) is 24.3 Å². The monoisotopic (exact) mass is 508 g/mol. The van der Waals surface area contributed by atoms with Crippen LogP contribution in [-0.2, 0) is 11.8 Å². The number of hydrogen-bond donors (Lipinski definition) is 5. The Bertz CT molecular complexity index is 1400. The van der Waals surface area contributed by atoms with Crippen LogP contribution in [0.15, 0.2) is 58.1 Å². The lowest BCUT2D eigenvalue weighted by Gasteiger charge is -2.23. The second-order valence-corrected chi connectivity index (χ2v) is 8.83. The zero-order valence-corrected chi connectivity index (χ0v) is 21.5. The molecule has 0 fully saturated rings. The average Bonchev–Trinajstić information content (AvgIpc) is 2.88. The predicted molar refractivity (Wildman–Crippen MR) is 142 cm³/mol. The van der Waals surface area contributed by atoms with Crippen LogP contribution in [0, 0.1) is 0 Å². The number of nitrogens with one attached hydrogen (secondary N) is 4. The summed E-state index contributed by atoms with van der Waals surface area (Å²) in [7, 11) is 4.47. The third kappa shape index (κ3) is 6.00. The minimum Gasteiger partial charge on any atom is -0.505 e. The molecule has 3 rings (SSSR count). The second kappa shape index (κ2) is 11.5. The van der Waals surface area contributed by atoms with E-state index in [0.29, 0.717) is 6.42 Å². The number of aromatic nitrogens is 2. The first kappa shape index (κ1) is 27.1. The Morgan fingerprint density at radius 3 is 2.35 bits per heavy atom. The van der Waals surface area contributed by atoms with Gasteiger partial charge in [-0.1, -0.05) is 43.3 Å². The van der Waals surface area contributed by atoms with Crippen molar-refractivity contribution in [3.8, 4) is 5.75 Å². The Morgan fingerprint density at radius 1 is 1.05 bits per heavy atom. The van der Waals surface area contributed by atoms with Gasteiger partial charge in [0.15, 0.2) is 5.75 Å². The second-order valence-electron chi connectivity index (χ2n) is 8.83. The number of phenols is 1. The minimum absolute atomic E-state index is 0.0190. The number of aromatic hydroxyl groups is 1. The van der Waals surface area contributed by atoms with Crippen LogP contribution >= 0.6 is 0 Å². The van der Waals surface area contributed by atoms with Crippen molar-refractivity contribution in [3.05, 3.63) is 80.4 Å². The molecule has 0 spiro atoms. The molecule has 11 nitrogen and oxygen atoms in total. The summed E-state index contributed by atoms with van der Waals surface area (Å²) in [5.41, 5.74) is -0.622. The number of phenolic OH excluding ortho intramolecular Hbond substituents is 1. The molecule has 0 saturated heterocycles. The van der Waals surface area contributed by atoms with Crippen molar-refractivity contribution in [2.75, 3.05) is 24.7 Å². The zero-order chi connectivity index (χ0) is 27.3. The summed E-state index contributed by atoms with van der Waals surface area (Å²) in [4.78, 5) is 52.7. The number of anilines is 3. The van der Waals surface area contributed by atoms with E-state index < -0.39 is 23.1 Å². The Kier molecular flexibility index (Phi) is 8.38. The van der Waals surface area contributed by atoms with Gasteiger partial charge in [0.25, 0.3) is 17.0 Å². The van der Waals surface area contributed by atoms with Crippen LogP contribution in [0.25, 0.3) is 0 Å². The van der Waals surface area contributed by atoms with Gasteiger partial charge in [-0.3, -0.25) is 29.0 Å². The first-order chi connectivity index (χ1) is 17.5. The van der Waals surface area contributed by atoms with Gasteiger partial charge in [-0.05, 0) is 31.0 Å². The lowest BCUT2D eigenvalue weighted by molar-refractivity contribution is -0.122. The van der Waals surface area contributed by atoms with E-state index in [1.165, 1.54) is 30.1 Å². The summed E-state index contributed by atoms with van der Waals surface area (Å²) in [5.74, 6) is -1.17. The summed E-state index contributed by atoms with van der Waals surface area (Å²) in [6, 6.07) is 12.8. The van der Waals surface area contributed by atoms with Crippen molar-refractivity contribution in [1.29, 1.82) is 0 Å². The number of aromatic amines is 1. The van der Waals surface area contributed by atoms with Crippen LogP contribution < -0.4 is 27.1 Å². The molecule has 0 radical (unpaired) electrons. The van der Waals surface area contributed by atoms with Gasteiger partial charge < -0.3 is 26.0 Å². The molecule has 2 atom stereocenters. The molecular formula is C26H32N6O5.